The molecule has 0 N–H and O–H groups in total. The van der Waals surface area contributed by atoms with Crippen molar-refractivity contribution in [1.29, 1.82) is 0 Å². The summed E-state index contributed by atoms with van der Waals surface area (Å²) < 4.78 is 51.5. The number of benzene rings is 3. The Hall–Kier alpha value is -3.05. The second-order valence-electron chi connectivity index (χ2n) is 10.2. The van der Waals surface area contributed by atoms with E-state index in [9.17, 15) is 12.8 Å². The van der Waals surface area contributed by atoms with E-state index in [0.29, 0.717) is 5.75 Å². The van der Waals surface area contributed by atoms with Crippen LogP contribution in [0.2, 0.25) is 0 Å². The number of alkyl halides is 1. The molecule has 0 saturated carbocycles. The van der Waals surface area contributed by atoms with Crippen LogP contribution in [0, 0.1) is 0 Å². The molecule has 0 aliphatic carbocycles. The molecular weight excluding hydrogens is 609 g/mol. The molecule has 0 amide bonds. The van der Waals surface area contributed by atoms with Gasteiger partial charge in [-0.1, -0.05) is 34.1 Å². The van der Waals surface area contributed by atoms with Crippen LogP contribution in [0.1, 0.15) is 6.92 Å². The summed E-state index contributed by atoms with van der Waals surface area (Å²) in [7, 11) is -1.64. The molecule has 3 aromatic carbocycles. The van der Waals surface area contributed by atoms with Gasteiger partial charge in [0.15, 0.2) is 5.44 Å². The minimum atomic E-state index is -3.79. The maximum absolute atomic E-state index is 13.7. The number of fused-ring (bicyclic) bond motifs is 1. The van der Waals surface area contributed by atoms with Gasteiger partial charge in [-0.15, -0.1) is 0 Å². The zero-order valence-electron chi connectivity index (χ0n) is 23.0. The lowest BCUT2D eigenvalue weighted by Crippen LogP contribution is -2.44. The zero-order valence-corrected chi connectivity index (χ0v) is 25.4. The second kappa shape index (κ2) is 12.9. The van der Waals surface area contributed by atoms with Gasteiger partial charge in [0.1, 0.15) is 25.1 Å². The fourth-order valence-electron chi connectivity index (χ4n) is 4.73. The lowest BCUT2D eigenvalue weighted by molar-refractivity contribution is -0.00517. The van der Waals surface area contributed by atoms with Gasteiger partial charge in [-0.3, -0.25) is 0 Å². The van der Waals surface area contributed by atoms with E-state index >= 15 is 0 Å². The Morgan fingerprint density at radius 2 is 1.66 bits per heavy atom. The third-order valence-electron chi connectivity index (χ3n) is 7.26. The standard InChI is InChI=1S/C31H33BrFN3O4S/c1-22(41(37,38)29-11-6-25(32)7-12-29)40-28(20-33)21-39-27-10-14-31-24(19-27)5-13-30(34-31)23-3-8-26(9-4-23)36-17-15-35(2)16-18-36/h3-14,19,22,28H,15-18,20-21H2,1-2H3. The minimum Gasteiger partial charge on any atom is -0.491 e. The topological polar surface area (TPSA) is 72.0 Å². The number of piperazine rings is 1. The van der Waals surface area contributed by atoms with Crippen LogP contribution in [0.15, 0.2) is 88.2 Å². The number of nitrogens with zero attached hydrogens (tertiary/aromatic N) is 3. The molecule has 7 nitrogen and oxygen atoms in total. The summed E-state index contributed by atoms with van der Waals surface area (Å²) in [4.78, 5) is 9.67. The number of halogens is 2. The molecule has 1 aliphatic rings. The molecule has 5 rings (SSSR count). The number of hydrogen-bond acceptors (Lipinski definition) is 7. The Morgan fingerprint density at radius 3 is 2.34 bits per heavy atom. The molecule has 2 unspecified atom stereocenters. The van der Waals surface area contributed by atoms with Crippen molar-refractivity contribution in [3.63, 3.8) is 0 Å². The van der Waals surface area contributed by atoms with Crippen LogP contribution in [0.5, 0.6) is 5.75 Å². The van der Waals surface area contributed by atoms with Crippen molar-refractivity contribution in [2.24, 2.45) is 0 Å². The molecule has 1 saturated heterocycles. The van der Waals surface area contributed by atoms with Crippen LogP contribution in [-0.4, -0.2) is 76.3 Å². The van der Waals surface area contributed by atoms with Crippen molar-refractivity contribution in [2.75, 3.05) is 51.4 Å². The van der Waals surface area contributed by atoms with Gasteiger partial charge in [0, 0.05) is 47.3 Å². The fraction of sp³-hybridized carbons (Fsp3) is 0.323. The first-order valence-electron chi connectivity index (χ1n) is 13.5. The molecule has 0 spiro atoms. The highest BCUT2D eigenvalue weighted by atomic mass is 79.9. The van der Waals surface area contributed by atoms with Crippen molar-refractivity contribution in [2.45, 2.75) is 23.4 Å². The first kappa shape index (κ1) is 29.4. The molecule has 41 heavy (non-hydrogen) atoms. The van der Waals surface area contributed by atoms with E-state index < -0.39 is 28.1 Å². The van der Waals surface area contributed by atoms with Gasteiger partial charge in [-0.25, -0.2) is 17.8 Å². The Balaban J connectivity index is 1.21. The van der Waals surface area contributed by atoms with Crippen LogP contribution in [0.25, 0.3) is 22.2 Å². The number of ether oxygens (including phenoxy) is 2. The molecular formula is C31H33BrFN3O4S. The van der Waals surface area contributed by atoms with E-state index in [2.05, 4.69) is 57.0 Å². The predicted molar refractivity (Wildman–Crippen MR) is 164 cm³/mol. The first-order chi connectivity index (χ1) is 19.7. The molecule has 4 aromatic rings. The van der Waals surface area contributed by atoms with Gasteiger partial charge in [0.25, 0.3) is 0 Å². The quantitative estimate of drug-likeness (QED) is 0.211. The molecule has 0 bridgehead atoms. The van der Waals surface area contributed by atoms with E-state index in [1.54, 1.807) is 18.2 Å². The van der Waals surface area contributed by atoms with Gasteiger partial charge >= 0.3 is 0 Å². The number of rotatable bonds is 10. The van der Waals surface area contributed by atoms with E-state index in [-0.39, 0.29) is 11.5 Å². The van der Waals surface area contributed by atoms with Crippen molar-refractivity contribution < 1.29 is 22.3 Å². The molecule has 216 valence electrons. The lowest BCUT2D eigenvalue weighted by atomic mass is 10.1. The summed E-state index contributed by atoms with van der Waals surface area (Å²) in [5, 5.41) is 0.879. The van der Waals surface area contributed by atoms with Gasteiger partial charge in [-0.2, -0.15) is 0 Å². The van der Waals surface area contributed by atoms with Crippen LogP contribution in [0.3, 0.4) is 0 Å². The van der Waals surface area contributed by atoms with Gasteiger partial charge in [0.2, 0.25) is 9.84 Å². The highest BCUT2D eigenvalue weighted by Gasteiger charge is 2.27. The van der Waals surface area contributed by atoms with Crippen LogP contribution in [-0.2, 0) is 14.6 Å². The molecule has 2 atom stereocenters. The predicted octanol–water partition coefficient (Wildman–Crippen LogP) is 5.97. The summed E-state index contributed by atoms with van der Waals surface area (Å²) in [5.41, 5.74) is 2.72. The SMILES string of the molecule is CC(OC(CF)COc1ccc2nc(-c3ccc(N4CCN(C)CC4)cc3)ccc2c1)S(=O)(=O)c1ccc(Br)cc1. The summed E-state index contributed by atoms with van der Waals surface area (Å²) in [6.07, 6.45) is -1.04. The maximum atomic E-state index is 13.7. The van der Waals surface area contributed by atoms with Crippen molar-refractivity contribution in [3.05, 3.63) is 83.3 Å². The number of sulfone groups is 1. The number of hydrogen-bond donors (Lipinski definition) is 0. The van der Waals surface area contributed by atoms with Crippen molar-refractivity contribution in [3.8, 4) is 17.0 Å². The van der Waals surface area contributed by atoms with Gasteiger partial charge in [-0.05, 0) is 74.6 Å². The Kier molecular flexibility index (Phi) is 9.23. The number of anilines is 1. The van der Waals surface area contributed by atoms with Crippen LogP contribution < -0.4 is 9.64 Å². The highest BCUT2D eigenvalue weighted by Crippen LogP contribution is 2.27. The summed E-state index contributed by atoms with van der Waals surface area (Å²) in [6, 6.07) is 24.2. The largest absolute Gasteiger partial charge is 0.491 e. The van der Waals surface area contributed by atoms with E-state index in [0.717, 1.165) is 52.8 Å². The average Bonchev–Trinajstić information content (AvgIpc) is 2.99. The first-order valence-corrected chi connectivity index (χ1v) is 15.9. The average molecular weight is 643 g/mol. The van der Waals surface area contributed by atoms with Crippen LogP contribution >= 0.6 is 15.9 Å². The third kappa shape index (κ3) is 7.06. The Bertz CT molecular complexity index is 1580. The monoisotopic (exact) mass is 641 g/mol. The van der Waals surface area contributed by atoms with Crippen LogP contribution in [0.4, 0.5) is 10.1 Å². The summed E-state index contributed by atoms with van der Waals surface area (Å²) in [5.74, 6) is 0.522. The van der Waals surface area contributed by atoms with E-state index in [4.69, 9.17) is 14.5 Å². The lowest BCUT2D eigenvalue weighted by Gasteiger charge is -2.34. The van der Waals surface area contributed by atoms with E-state index in [1.807, 2.05) is 24.3 Å². The highest BCUT2D eigenvalue weighted by molar-refractivity contribution is 9.10. The number of likely N-dealkylation sites (N-methyl/N-ethyl adjacent to an activating group) is 1. The van der Waals surface area contributed by atoms with E-state index in [1.165, 1.54) is 24.7 Å². The number of pyridine rings is 1. The van der Waals surface area contributed by atoms with Gasteiger partial charge in [0.05, 0.1) is 16.1 Å². The summed E-state index contributed by atoms with van der Waals surface area (Å²) >= 11 is 3.29. The molecule has 0 radical (unpaired) electrons. The molecule has 10 heteroatoms. The zero-order chi connectivity index (χ0) is 29.0. The normalized spacial score (nSPS) is 16.0. The number of aromatic nitrogens is 1. The second-order valence-corrected chi connectivity index (χ2v) is 13.3. The van der Waals surface area contributed by atoms with Gasteiger partial charge < -0.3 is 19.3 Å². The maximum Gasteiger partial charge on any atom is 0.204 e. The molecule has 1 fully saturated rings. The molecule has 1 aliphatic heterocycles. The smallest absolute Gasteiger partial charge is 0.204 e. The Labute approximate surface area is 248 Å². The summed E-state index contributed by atoms with van der Waals surface area (Å²) in [6.45, 7) is 4.57. The minimum absolute atomic E-state index is 0.110. The Morgan fingerprint density at radius 1 is 0.951 bits per heavy atom. The molecule has 2 heterocycles. The third-order valence-corrected chi connectivity index (χ3v) is 9.71. The fourth-order valence-corrected chi connectivity index (χ4v) is 6.20. The van der Waals surface area contributed by atoms with Crippen molar-refractivity contribution >= 4 is 42.4 Å². The molecule has 1 aromatic heterocycles. The van der Waals surface area contributed by atoms with Crippen molar-refractivity contribution in [1.82, 2.24) is 9.88 Å².